The average molecular weight is 282 g/mol. The van der Waals surface area contributed by atoms with Gasteiger partial charge in [0.15, 0.2) is 0 Å². The van der Waals surface area contributed by atoms with E-state index < -0.39 is 22.9 Å². The maximum atomic E-state index is 12.1. The Hall–Kier alpha value is -2.31. The van der Waals surface area contributed by atoms with Crippen LogP contribution >= 0.6 is 0 Å². The van der Waals surface area contributed by atoms with Gasteiger partial charge in [-0.05, 0) is 20.8 Å². The van der Waals surface area contributed by atoms with E-state index in [0.29, 0.717) is 4.57 Å². The molecule has 1 heterocycles. The number of methoxy groups -OCH3 is 1. The first-order valence-electron chi connectivity index (χ1n) is 5.96. The van der Waals surface area contributed by atoms with Crippen molar-refractivity contribution in [1.82, 2.24) is 9.13 Å². The zero-order chi connectivity index (χ0) is 15.5. The van der Waals surface area contributed by atoms with Crippen LogP contribution in [0.25, 0.3) is 0 Å². The maximum Gasteiger partial charge on any atom is 0.422 e. The number of nitrogens with zero attached hydrogens (tertiary/aromatic N) is 2. The fourth-order valence-electron chi connectivity index (χ4n) is 1.45. The zero-order valence-electron chi connectivity index (χ0n) is 12.0. The van der Waals surface area contributed by atoms with Crippen molar-refractivity contribution >= 4 is 6.09 Å². The molecule has 110 valence electrons. The second-order valence-electron chi connectivity index (χ2n) is 5.03. The fourth-order valence-corrected chi connectivity index (χ4v) is 1.45. The number of carbonyl (C=O) groups is 1. The highest BCUT2D eigenvalue weighted by Gasteiger charge is 2.21. The molecule has 0 radical (unpaired) electrons. The van der Waals surface area contributed by atoms with Crippen molar-refractivity contribution in [3.63, 3.8) is 0 Å². The number of hydrogen-bond donors (Lipinski definition) is 0. The molecule has 0 aliphatic heterocycles. The Morgan fingerprint density at radius 3 is 2.45 bits per heavy atom. The Morgan fingerprint density at radius 1 is 1.40 bits per heavy atom. The standard InChI is InChI=1S/C13H18N2O5/c1-6-7-14-10(16)9(19-5)8-15(11(14)17)12(18)20-13(2,3)4/h6,8H,1,7H2,2-5H3. The summed E-state index contributed by atoms with van der Waals surface area (Å²) in [5.41, 5.74) is -2.19. The molecule has 0 aromatic carbocycles. The van der Waals surface area contributed by atoms with E-state index in [1.54, 1.807) is 20.8 Å². The molecule has 1 aromatic heterocycles. The third-order valence-electron chi connectivity index (χ3n) is 2.26. The van der Waals surface area contributed by atoms with Crippen molar-refractivity contribution in [1.29, 1.82) is 0 Å². The zero-order valence-corrected chi connectivity index (χ0v) is 12.0. The lowest BCUT2D eigenvalue weighted by Gasteiger charge is -2.20. The van der Waals surface area contributed by atoms with Gasteiger partial charge in [-0.2, -0.15) is 4.57 Å². The summed E-state index contributed by atoms with van der Waals surface area (Å²) in [6.07, 6.45) is 1.53. The minimum atomic E-state index is -0.876. The number of allylic oxidation sites excluding steroid dienone is 1. The molecular weight excluding hydrogens is 264 g/mol. The lowest BCUT2D eigenvalue weighted by atomic mass is 10.2. The summed E-state index contributed by atoms with van der Waals surface area (Å²) in [7, 11) is 1.28. The van der Waals surface area contributed by atoms with Crippen molar-refractivity contribution < 1.29 is 14.3 Å². The molecule has 0 saturated heterocycles. The minimum absolute atomic E-state index is 0.0301. The predicted molar refractivity (Wildman–Crippen MR) is 73.3 cm³/mol. The van der Waals surface area contributed by atoms with E-state index in [4.69, 9.17) is 9.47 Å². The highest BCUT2D eigenvalue weighted by atomic mass is 16.6. The number of rotatable bonds is 3. The lowest BCUT2D eigenvalue weighted by Crippen LogP contribution is -2.43. The molecule has 7 nitrogen and oxygen atoms in total. The first-order chi connectivity index (χ1) is 9.21. The summed E-state index contributed by atoms with van der Waals surface area (Å²) < 4.78 is 11.5. The molecule has 1 aromatic rings. The van der Waals surface area contributed by atoms with Gasteiger partial charge in [-0.15, -0.1) is 6.58 Å². The topological polar surface area (TPSA) is 79.5 Å². The first-order valence-corrected chi connectivity index (χ1v) is 5.96. The molecule has 0 N–H and O–H groups in total. The molecule has 0 aliphatic carbocycles. The van der Waals surface area contributed by atoms with Gasteiger partial charge in [0.05, 0.1) is 13.3 Å². The van der Waals surface area contributed by atoms with Gasteiger partial charge in [0.2, 0.25) is 5.75 Å². The Labute approximate surface area is 116 Å². The monoisotopic (exact) mass is 282 g/mol. The first kappa shape index (κ1) is 15.7. The van der Waals surface area contributed by atoms with Crippen LogP contribution in [0.4, 0.5) is 4.79 Å². The number of ether oxygens (including phenoxy) is 2. The molecule has 0 fully saturated rings. The van der Waals surface area contributed by atoms with Gasteiger partial charge in [-0.25, -0.2) is 9.59 Å². The molecule has 0 amide bonds. The van der Waals surface area contributed by atoms with Crippen molar-refractivity contribution in [2.24, 2.45) is 0 Å². The van der Waals surface area contributed by atoms with Gasteiger partial charge in [0.25, 0.3) is 5.56 Å². The summed E-state index contributed by atoms with van der Waals surface area (Å²) in [6, 6.07) is 0. The van der Waals surface area contributed by atoms with Crippen molar-refractivity contribution in [3.05, 3.63) is 39.7 Å². The Bertz CT molecular complexity index is 634. The SMILES string of the molecule is C=CCn1c(=O)c(OC)cn(C(=O)OC(C)(C)C)c1=O. The third kappa shape index (κ3) is 3.37. The lowest BCUT2D eigenvalue weighted by molar-refractivity contribution is 0.0523. The van der Waals surface area contributed by atoms with E-state index in [2.05, 4.69) is 6.58 Å². The highest BCUT2D eigenvalue weighted by Crippen LogP contribution is 2.09. The van der Waals surface area contributed by atoms with Gasteiger partial charge in [0.1, 0.15) is 5.60 Å². The van der Waals surface area contributed by atoms with Crippen LogP contribution in [0.15, 0.2) is 28.4 Å². The molecule has 0 bridgehead atoms. The van der Waals surface area contributed by atoms with E-state index in [9.17, 15) is 14.4 Å². The van der Waals surface area contributed by atoms with Crippen LogP contribution in [-0.4, -0.2) is 27.9 Å². The van der Waals surface area contributed by atoms with Gasteiger partial charge in [0, 0.05) is 6.54 Å². The van der Waals surface area contributed by atoms with Gasteiger partial charge < -0.3 is 9.47 Å². The number of carbonyl (C=O) groups excluding carboxylic acids is 1. The van der Waals surface area contributed by atoms with Crippen molar-refractivity contribution in [2.75, 3.05) is 7.11 Å². The summed E-state index contributed by atoms with van der Waals surface area (Å²) in [4.78, 5) is 36.0. The van der Waals surface area contributed by atoms with Crippen LogP contribution in [0.2, 0.25) is 0 Å². The van der Waals surface area contributed by atoms with Crippen LogP contribution < -0.4 is 16.0 Å². The third-order valence-corrected chi connectivity index (χ3v) is 2.26. The van der Waals surface area contributed by atoms with E-state index in [0.717, 1.165) is 10.8 Å². The fraction of sp³-hybridized carbons (Fsp3) is 0.462. The van der Waals surface area contributed by atoms with Crippen LogP contribution in [0, 0.1) is 0 Å². The maximum absolute atomic E-state index is 12.1. The van der Waals surface area contributed by atoms with Crippen LogP contribution in [-0.2, 0) is 11.3 Å². The molecule has 1 rings (SSSR count). The van der Waals surface area contributed by atoms with E-state index in [1.165, 1.54) is 13.2 Å². The summed E-state index contributed by atoms with van der Waals surface area (Å²) >= 11 is 0. The Balaban J connectivity index is 3.44. The van der Waals surface area contributed by atoms with Crippen LogP contribution in [0.1, 0.15) is 20.8 Å². The molecule has 0 spiro atoms. The number of hydrogen-bond acceptors (Lipinski definition) is 5. The molecule has 7 heteroatoms. The Morgan fingerprint density at radius 2 is 2.00 bits per heavy atom. The van der Waals surface area contributed by atoms with Crippen LogP contribution in [0.5, 0.6) is 5.75 Å². The molecule has 0 aliphatic rings. The van der Waals surface area contributed by atoms with Gasteiger partial charge in [-0.3, -0.25) is 9.36 Å². The normalized spacial score (nSPS) is 11.0. The smallest absolute Gasteiger partial charge is 0.422 e. The molecule has 0 unspecified atom stereocenters. The van der Waals surface area contributed by atoms with E-state index in [1.807, 2.05) is 0 Å². The van der Waals surface area contributed by atoms with E-state index >= 15 is 0 Å². The molecule has 20 heavy (non-hydrogen) atoms. The second-order valence-corrected chi connectivity index (χ2v) is 5.03. The minimum Gasteiger partial charge on any atom is -0.490 e. The quantitative estimate of drug-likeness (QED) is 0.772. The second kappa shape index (κ2) is 5.77. The summed E-state index contributed by atoms with van der Waals surface area (Å²) in [6.45, 7) is 8.45. The van der Waals surface area contributed by atoms with E-state index in [-0.39, 0.29) is 12.3 Å². The Kier molecular flexibility index (Phi) is 4.54. The predicted octanol–water partition coefficient (Wildman–Crippen LogP) is 0.988. The van der Waals surface area contributed by atoms with Crippen molar-refractivity contribution in [3.8, 4) is 5.75 Å². The van der Waals surface area contributed by atoms with Crippen LogP contribution in [0.3, 0.4) is 0 Å². The highest BCUT2D eigenvalue weighted by molar-refractivity contribution is 5.70. The molecule has 0 saturated carbocycles. The number of aromatic nitrogens is 2. The average Bonchev–Trinajstić information content (AvgIpc) is 2.32. The van der Waals surface area contributed by atoms with Gasteiger partial charge in [-0.1, -0.05) is 6.08 Å². The summed E-state index contributed by atoms with van der Waals surface area (Å²) in [5.74, 6) is -0.127. The van der Waals surface area contributed by atoms with Gasteiger partial charge >= 0.3 is 11.8 Å². The summed E-state index contributed by atoms with van der Waals surface area (Å²) in [5, 5.41) is 0. The molecular formula is C13H18N2O5. The molecule has 0 atom stereocenters. The van der Waals surface area contributed by atoms with Crippen molar-refractivity contribution in [2.45, 2.75) is 32.9 Å². The largest absolute Gasteiger partial charge is 0.490 e.